The SMILES string of the molecule is CN/C(=C\NC1C(O)[C@H](S[C@@H]2O[C@H](CO)C(O)C(n3cc(-c4ccccn4)nn3)[C@H]2O)OC([C@@H](C)O)[C@@H]1OC)c1cc(F)c(F)c(F)c1. The number of rotatable bonds is 11. The third-order valence-corrected chi connectivity index (χ3v) is 9.52. The number of hydrogen-bond acceptors (Lipinski definition) is 14. The first-order chi connectivity index (χ1) is 23.0. The van der Waals surface area contributed by atoms with E-state index < -0.39 is 89.7 Å². The van der Waals surface area contributed by atoms with Crippen LogP contribution in [0.2, 0.25) is 0 Å². The molecule has 2 aliphatic heterocycles. The summed E-state index contributed by atoms with van der Waals surface area (Å²) in [5.74, 6) is -4.41. The Morgan fingerprint density at radius 1 is 1.08 bits per heavy atom. The number of pyridine rings is 1. The van der Waals surface area contributed by atoms with Crippen LogP contribution in [0, 0.1) is 17.5 Å². The van der Waals surface area contributed by atoms with Gasteiger partial charge in [0.2, 0.25) is 0 Å². The van der Waals surface area contributed by atoms with E-state index in [0.717, 1.165) is 23.9 Å². The van der Waals surface area contributed by atoms with Gasteiger partial charge in [-0.2, -0.15) is 0 Å². The number of aliphatic hydroxyl groups is 5. The molecule has 262 valence electrons. The summed E-state index contributed by atoms with van der Waals surface area (Å²) < 4.78 is 60.3. The lowest BCUT2D eigenvalue weighted by Crippen LogP contribution is -2.64. The van der Waals surface area contributed by atoms with Crippen molar-refractivity contribution in [2.45, 2.75) is 72.6 Å². The lowest BCUT2D eigenvalue weighted by atomic mass is 9.94. The average Bonchev–Trinajstić information content (AvgIpc) is 3.56. The lowest BCUT2D eigenvalue weighted by Gasteiger charge is -2.47. The summed E-state index contributed by atoms with van der Waals surface area (Å²) in [6.07, 6.45) is -4.25. The van der Waals surface area contributed by atoms with Crippen molar-refractivity contribution >= 4 is 17.5 Å². The predicted octanol–water partition coefficient (Wildman–Crippen LogP) is 0.129. The topological polar surface area (TPSA) is 196 Å². The van der Waals surface area contributed by atoms with Crippen LogP contribution in [0.5, 0.6) is 0 Å². The number of benzene rings is 1. The van der Waals surface area contributed by atoms with Gasteiger partial charge in [-0.15, -0.1) is 5.10 Å². The summed E-state index contributed by atoms with van der Waals surface area (Å²) in [5, 5.41) is 68.6. The molecule has 14 nitrogen and oxygen atoms in total. The second-order valence-electron chi connectivity index (χ2n) is 11.3. The highest BCUT2D eigenvalue weighted by Crippen LogP contribution is 2.40. The van der Waals surface area contributed by atoms with Gasteiger partial charge in [0.05, 0.1) is 36.3 Å². The van der Waals surface area contributed by atoms with Crippen molar-refractivity contribution in [1.82, 2.24) is 30.6 Å². The molecule has 2 fully saturated rings. The molecule has 18 heteroatoms. The highest BCUT2D eigenvalue weighted by molar-refractivity contribution is 8.00. The number of methoxy groups -OCH3 is 1. The summed E-state index contributed by atoms with van der Waals surface area (Å²) in [6, 6.07) is 4.63. The van der Waals surface area contributed by atoms with Gasteiger partial charge >= 0.3 is 0 Å². The van der Waals surface area contributed by atoms with Crippen LogP contribution in [0.25, 0.3) is 17.1 Å². The van der Waals surface area contributed by atoms with Gasteiger partial charge in [0.15, 0.2) is 17.5 Å². The van der Waals surface area contributed by atoms with E-state index in [2.05, 4.69) is 25.9 Å². The maximum Gasteiger partial charge on any atom is 0.194 e. The van der Waals surface area contributed by atoms with Crippen LogP contribution in [0.1, 0.15) is 18.5 Å². The van der Waals surface area contributed by atoms with E-state index >= 15 is 0 Å². The van der Waals surface area contributed by atoms with Gasteiger partial charge in [0, 0.05) is 32.1 Å². The molecule has 0 saturated carbocycles. The molecule has 11 atom stereocenters. The maximum absolute atomic E-state index is 14.0. The zero-order chi connectivity index (χ0) is 34.7. The number of nitrogens with one attached hydrogen (secondary N) is 2. The standard InChI is InChI=1S/C30H37F3N6O8S/c1-13(41)27-28(45-3)22(36-10-18(34-2)14-8-15(31)21(33)16(32)9-14)25(43)29(47-27)48-30-26(44)23(24(42)20(12-40)46-30)39-11-19(37-38-39)17-6-4-5-7-35-17/h4-11,13,20,22-30,34,36,40-44H,12H2,1-3H3/b18-10-/t13-,20-,22?,23?,24?,25?,26-,27?,28-,29+,30+/m1/s1. The zero-order valence-corrected chi connectivity index (χ0v) is 26.8. The molecule has 0 spiro atoms. The molecule has 1 aromatic carbocycles. The first kappa shape index (κ1) is 36.0. The molecule has 5 unspecified atom stereocenters. The fourth-order valence-electron chi connectivity index (χ4n) is 5.73. The van der Waals surface area contributed by atoms with Gasteiger partial charge in [-0.25, -0.2) is 17.9 Å². The largest absolute Gasteiger partial charge is 0.394 e. The molecule has 0 bridgehead atoms. The highest BCUT2D eigenvalue weighted by Gasteiger charge is 2.52. The van der Waals surface area contributed by atoms with E-state index in [1.165, 1.54) is 38.2 Å². The molecule has 2 aromatic heterocycles. The van der Waals surface area contributed by atoms with Crippen LogP contribution >= 0.6 is 11.8 Å². The number of aromatic nitrogens is 4. The third kappa shape index (κ3) is 7.31. The molecule has 4 heterocycles. The van der Waals surface area contributed by atoms with Gasteiger partial charge < -0.3 is 50.4 Å². The van der Waals surface area contributed by atoms with Gasteiger partial charge in [0.1, 0.15) is 59.2 Å². The van der Waals surface area contributed by atoms with Gasteiger partial charge in [-0.1, -0.05) is 23.0 Å². The normalized spacial score (nSPS) is 31.8. The first-order valence-corrected chi connectivity index (χ1v) is 15.9. The summed E-state index contributed by atoms with van der Waals surface area (Å²) in [4.78, 5) is 4.23. The second kappa shape index (κ2) is 15.5. The van der Waals surface area contributed by atoms with Gasteiger partial charge in [-0.3, -0.25) is 4.98 Å². The van der Waals surface area contributed by atoms with Crippen molar-refractivity contribution in [1.29, 1.82) is 0 Å². The Balaban J connectivity index is 1.41. The Labute approximate surface area is 277 Å². The summed E-state index contributed by atoms with van der Waals surface area (Å²) in [6.45, 7) is 0.835. The Bertz CT molecular complexity index is 1530. The minimum Gasteiger partial charge on any atom is -0.394 e. The predicted molar refractivity (Wildman–Crippen MR) is 165 cm³/mol. The first-order valence-electron chi connectivity index (χ1n) is 14.9. The van der Waals surface area contributed by atoms with E-state index in [9.17, 15) is 38.7 Å². The number of hydrogen-bond donors (Lipinski definition) is 7. The van der Waals surface area contributed by atoms with E-state index in [0.29, 0.717) is 11.4 Å². The Hall–Kier alpha value is -3.33. The number of ether oxygens (including phenoxy) is 3. The molecule has 5 rings (SSSR count). The molecule has 0 amide bonds. The monoisotopic (exact) mass is 698 g/mol. The fourth-order valence-corrected chi connectivity index (χ4v) is 7.04. The van der Waals surface area contributed by atoms with Crippen molar-refractivity contribution in [2.75, 3.05) is 20.8 Å². The summed E-state index contributed by atoms with van der Waals surface area (Å²) in [5.41, 5.74) is -1.44. The van der Waals surface area contributed by atoms with Crippen LogP contribution in [-0.4, -0.2) is 126 Å². The Kier molecular flexibility index (Phi) is 11.6. The molecule has 0 radical (unpaired) electrons. The fraction of sp³-hybridized carbons (Fsp3) is 0.500. The minimum atomic E-state index is -1.62. The van der Waals surface area contributed by atoms with Crippen LogP contribution in [0.3, 0.4) is 0 Å². The van der Waals surface area contributed by atoms with Gasteiger partial charge in [-0.05, 0) is 31.2 Å². The zero-order valence-electron chi connectivity index (χ0n) is 26.0. The number of halogens is 3. The molecule has 0 aliphatic carbocycles. The van der Waals surface area contributed by atoms with E-state index in [-0.39, 0.29) is 11.3 Å². The van der Waals surface area contributed by atoms with Crippen molar-refractivity contribution in [3.05, 3.63) is 71.9 Å². The summed E-state index contributed by atoms with van der Waals surface area (Å²) >= 11 is 0.835. The highest BCUT2D eigenvalue weighted by atomic mass is 32.2. The molecule has 2 aliphatic rings. The molecule has 7 N–H and O–H groups in total. The third-order valence-electron chi connectivity index (χ3n) is 8.21. The second-order valence-corrected chi connectivity index (χ2v) is 12.5. The van der Waals surface area contributed by atoms with E-state index in [1.807, 2.05) is 0 Å². The summed E-state index contributed by atoms with van der Waals surface area (Å²) in [7, 11) is 2.81. The number of nitrogens with zero attached hydrogens (tertiary/aromatic N) is 4. The Morgan fingerprint density at radius 2 is 1.79 bits per heavy atom. The maximum atomic E-state index is 14.0. The molecular formula is C30H37F3N6O8S. The average molecular weight is 699 g/mol. The quantitative estimate of drug-likeness (QED) is 0.134. The van der Waals surface area contributed by atoms with E-state index in [1.54, 1.807) is 24.4 Å². The number of aliphatic hydroxyl groups excluding tert-OH is 5. The van der Waals surface area contributed by atoms with Crippen molar-refractivity contribution in [2.24, 2.45) is 0 Å². The van der Waals surface area contributed by atoms with Crippen LogP contribution < -0.4 is 10.6 Å². The van der Waals surface area contributed by atoms with Crippen molar-refractivity contribution in [3.8, 4) is 11.4 Å². The van der Waals surface area contributed by atoms with Gasteiger partial charge in [0.25, 0.3) is 0 Å². The Morgan fingerprint density at radius 3 is 2.40 bits per heavy atom. The molecule has 48 heavy (non-hydrogen) atoms. The lowest BCUT2D eigenvalue weighted by molar-refractivity contribution is -0.195. The van der Waals surface area contributed by atoms with Crippen molar-refractivity contribution in [3.63, 3.8) is 0 Å². The molecule has 3 aromatic rings. The smallest absolute Gasteiger partial charge is 0.194 e. The molecule has 2 saturated heterocycles. The van der Waals surface area contributed by atoms with Crippen molar-refractivity contribution < 1.29 is 52.9 Å². The van der Waals surface area contributed by atoms with Crippen LogP contribution in [0.4, 0.5) is 13.2 Å². The number of thioether (sulfide) groups is 1. The van der Waals surface area contributed by atoms with Crippen LogP contribution in [0.15, 0.2) is 48.9 Å². The van der Waals surface area contributed by atoms with E-state index in [4.69, 9.17) is 14.2 Å². The molecular weight excluding hydrogens is 661 g/mol. The minimum absolute atomic E-state index is 0.0346. The van der Waals surface area contributed by atoms with Crippen LogP contribution in [-0.2, 0) is 14.2 Å².